The van der Waals surface area contributed by atoms with Gasteiger partial charge in [-0.25, -0.2) is 9.59 Å². The summed E-state index contributed by atoms with van der Waals surface area (Å²) in [5.41, 5.74) is 2.38. The Morgan fingerprint density at radius 1 is 0.591 bits per heavy atom. The zero-order valence-corrected chi connectivity index (χ0v) is 26.2. The summed E-state index contributed by atoms with van der Waals surface area (Å²) >= 11 is 0. The standard InChI is InChI=1S/C24H38O4.C13H10O3/c1-3-5-7-9-11-13-15-19-17-18-21(23(25)26)22(24(27)28)20(19)16-14-12-10-8-6-4-2;14-10-6-7-11(12(15)8-10)13(16)9-4-2-1-3-5-9/h17-18H,3-16H2,1-2H3,(H,25,26)(H,27,28);1-8,14-15H. The van der Waals surface area contributed by atoms with Crippen LogP contribution in [0.25, 0.3) is 0 Å². The molecule has 7 nitrogen and oxygen atoms in total. The number of carbonyl (C=O) groups is 3. The van der Waals surface area contributed by atoms with Gasteiger partial charge >= 0.3 is 11.9 Å². The molecule has 3 aromatic carbocycles. The molecule has 0 spiro atoms. The van der Waals surface area contributed by atoms with Gasteiger partial charge in [0.1, 0.15) is 11.5 Å². The smallest absolute Gasteiger partial charge is 0.336 e. The van der Waals surface area contributed by atoms with Crippen LogP contribution in [-0.2, 0) is 12.8 Å². The zero-order chi connectivity index (χ0) is 32.3. The van der Waals surface area contributed by atoms with Gasteiger partial charge in [-0.2, -0.15) is 0 Å². The molecule has 0 aliphatic carbocycles. The van der Waals surface area contributed by atoms with Crippen molar-refractivity contribution in [2.24, 2.45) is 0 Å². The van der Waals surface area contributed by atoms with E-state index in [1.807, 2.05) is 12.1 Å². The SMILES string of the molecule is CCCCCCCCc1ccc(C(=O)O)c(C(=O)O)c1CCCCCCCC.O=C(c1ccccc1)c1ccc(O)cc1O. The van der Waals surface area contributed by atoms with Crippen molar-refractivity contribution in [2.45, 2.75) is 104 Å². The zero-order valence-electron chi connectivity index (χ0n) is 26.2. The summed E-state index contributed by atoms with van der Waals surface area (Å²) in [4.78, 5) is 35.3. The van der Waals surface area contributed by atoms with E-state index < -0.39 is 11.9 Å². The van der Waals surface area contributed by atoms with Crippen LogP contribution in [-0.4, -0.2) is 38.1 Å². The molecule has 238 valence electrons. The highest BCUT2D eigenvalue weighted by atomic mass is 16.4. The number of aromatic carboxylic acids is 2. The van der Waals surface area contributed by atoms with E-state index in [-0.39, 0.29) is 34.0 Å². The highest BCUT2D eigenvalue weighted by Crippen LogP contribution is 2.26. The average Bonchev–Trinajstić information content (AvgIpc) is 3.01. The first-order chi connectivity index (χ1) is 21.2. The van der Waals surface area contributed by atoms with Gasteiger partial charge in [0.2, 0.25) is 0 Å². The number of phenolic OH excluding ortho intramolecular Hbond substituents is 2. The van der Waals surface area contributed by atoms with E-state index in [0.29, 0.717) is 12.0 Å². The maximum Gasteiger partial charge on any atom is 0.336 e. The third-order valence-corrected chi connectivity index (χ3v) is 7.70. The van der Waals surface area contributed by atoms with Crippen LogP contribution >= 0.6 is 0 Å². The number of carboxylic acid groups (broad SMARTS) is 2. The van der Waals surface area contributed by atoms with E-state index in [4.69, 9.17) is 5.11 Å². The van der Waals surface area contributed by atoms with E-state index in [2.05, 4.69) is 13.8 Å². The Hall–Kier alpha value is -4.13. The van der Waals surface area contributed by atoms with Crippen LogP contribution in [0.4, 0.5) is 0 Å². The summed E-state index contributed by atoms with van der Waals surface area (Å²) in [6.07, 6.45) is 15.4. The van der Waals surface area contributed by atoms with E-state index in [9.17, 15) is 29.7 Å². The van der Waals surface area contributed by atoms with Crippen molar-refractivity contribution in [1.82, 2.24) is 0 Å². The number of hydrogen-bond donors (Lipinski definition) is 4. The molecule has 0 fully saturated rings. The van der Waals surface area contributed by atoms with Crippen molar-refractivity contribution in [3.63, 3.8) is 0 Å². The largest absolute Gasteiger partial charge is 0.508 e. The van der Waals surface area contributed by atoms with Crippen molar-refractivity contribution < 1.29 is 34.8 Å². The topological polar surface area (TPSA) is 132 Å². The molecule has 3 aromatic rings. The Morgan fingerprint density at radius 3 is 1.68 bits per heavy atom. The van der Waals surface area contributed by atoms with Gasteiger partial charge in [-0.15, -0.1) is 0 Å². The minimum atomic E-state index is -1.16. The predicted molar refractivity (Wildman–Crippen MR) is 174 cm³/mol. The summed E-state index contributed by atoms with van der Waals surface area (Å²) in [6.45, 7) is 4.39. The second-order valence-corrected chi connectivity index (χ2v) is 11.2. The van der Waals surface area contributed by atoms with Gasteiger partial charge < -0.3 is 20.4 Å². The molecule has 0 heterocycles. The van der Waals surface area contributed by atoms with Crippen LogP contribution in [0.5, 0.6) is 11.5 Å². The van der Waals surface area contributed by atoms with E-state index >= 15 is 0 Å². The van der Waals surface area contributed by atoms with Gasteiger partial charge in [-0.3, -0.25) is 4.79 Å². The molecule has 3 rings (SSSR count). The lowest BCUT2D eigenvalue weighted by Gasteiger charge is -2.15. The van der Waals surface area contributed by atoms with Gasteiger partial charge in [0.15, 0.2) is 5.78 Å². The first-order valence-corrected chi connectivity index (χ1v) is 15.9. The summed E-state index contributed by atoms with van der Waals surface area (Å²) in [7, 11) is 0. The number of benzene rings is 3. The fourth-order valence-electron chi connectivity index (χ4n) is 5.27. The molecular formula is C37H48O7. The quantitative estimate of drug-likeness (QED) is 0.0840. The minimum absolute atomic E-state index is 0.00420. The summed E-state index contributed by atoms with van der Waals surface area (Å²) in [5.74, 6) is -2.83. The number of aromatic hydroxyl groups is 2. The maximum absolute atomic E-state index is 11.9. The first kappa shape index (κ1) is 36.1. The highest BCUT2D eigenvalue weighted by molar-refractivity contribution is 6.10. The van der Waals surface area contributed by atoms with Crippen molar-refractivity contribution in [3.05, 3.63) is 94.0 Å². The van der Waals surface area contributed by atoms with Gasteiger partial charge in [0.25, 0.3) is 0 Å². The number of aryl methyl sites for hydroxylation is 1. The fraction of sp³-hybridized carbons (Fsp3) is 0.432. The number of ketones is 1. The fourth-order valence-corrected chi connectivity index (χ4v) is 5.27. The normalized spacial score (nSPS) is 10.6. The highest BCUT2D eigenvalue weighted by Gasteiger charge is 2.22. The maximum atomic E-state index is 11.9. The van der Waals surface area contributed by atoms with Gasteiger partial charge in [0.05, 0.1) is 16.7 Å². The van der Waals surface area contributed by atoms with Crippen molar-refractivity contribution in [3.8, 4) is 11.5 Å². The molecule has 44 heavy (non-hydrogen) atoms. The van der Waals surface area contributed by atoms with Crippen LogP contribution in [0.1, 0.15) is 139 Å². The van der Waals surface area contributed by atoms with E-state index in [0.717, 1.165) is 55.7 Å². The minimum Gasteiger partial charge on any atom is -0.508 e. The summed E-state index contributed by atoms with van der Waals surface area (Å²) in [5, 5.41) is 37.8. The third-order valence-electron chi connectivity index (χ3n) is 7.70. The number of carboxylic acids is 2. The molecule has 0 atom stereocenters. The summed E-state index contributed by atoms with van der Waals surface area (Å²) < 4.78 is 0. The molecule has 0 bridgehead atoms. The van der Waals surface area contributed by atoms with Crippen LogP contribution in [0.15, 0.2) is 60.7 Å². The van der Waals surface area contributed by atoms with E-state index in [1.54, 1.807) is 24.3 Å². The third kappa shape index (κ3) is 11.9. The number of carbonyl (C=O) groups excluding carboxylic acids is 1. The lowest BCUT2D eigenvalue weighted by Crippen LogP contribution is -2.14. The molecule has 0 unspecified atom stereocenters. The predicted octanol–water partition coefficient (Wildman–Crippen LogP) is 9.22. The molecule has 0 radical (unpaired) electrons. The number of unbranched alkanes of at least 4 members (excludes halogenated alkanes) is 10. The van der Waals surface area contributed by atoms with Gasteiger partial charge in [0, 0.05) is 11.6 Å². The Bertz CT molecular complexity index is 1330. The van der Waals surface area contributed by atoms with Crippen molar-refractivity contribution in [1.29, 1.82) is 0 Å². The number of hydrogen-bond acceptors (Lipinski definition) is 5. The molecule has 0 saturated heterocycles. The monoisotopic (exact) mass is 604 g/mol. The molecule has 0 amide bonds. The lowest BCUT2D eigenvalue weighted by molar-refractivity contribution is 0.0650. The van der Waals surface area contributed by atoms with Crippen molar-refractivity contribution in [2.75, 3.05) is 0 Å². The number of rotatable bonds is 18. The molecule has 0 aromatic heterocycles. The Labute approximate surface area is 261 Å². The van der Waals surface area contributed by atoms with Crippen LogP contribution < -0.4 is 0 Å². The van der Waals surface area contributed by atoms with Crippen LogP contribution in [0, 0.1) is 0 Å². The van der Waals surface area contributed by atoms with Crippen LogP contribution in [0.2, 0.25) is 0 Å². The van der Waals surface area contributed by atoms with E-state index in [1.165, 1.54) is 63.1 Å². The lowest BCUT2D eigenvalue weighted by atomic mass is 9.89. The molecular weight excluding hydrogens is 556 g/mol. The van der Waals surface area contributed by atoms with Gasteiger partial charge in [-0.1, -0.05) is 114 Å². The van der Waals surface area contributed by atoms with Crippen molar-refractivity contribution >= 4 is 17.7 Å². The molecule has 0 aliphatic heterocycles. The molecule has 0 saturated carbocycles. The molecule has 7 heteroatoms. The first-order valence-electron chi connectivity index (χ1n) is 15.9. The van der Waals surface area contributed by atoms with Gasteiger partial charge in [-0.05, 0) is 55.0 Å². The molecule has 0 aliphatic rings. The Kier molecular flexibility index (Phi) is 16.3. The van der Waals surface area contributed by atoms with Crippen LogP contribution in [0.3, 0.4) is 0 Å². The second-order valence-electron chi connectivity index (χ2n) is 11.2. The average molecular weight is 605 g/mol. The Balaban J connectivity index is 0.000000354. The molecule has 4 N–H and O–H groups in total. The second kappa shape index (κ2) is 19.9. The number of phenols is 2. The summed E-state index contributed by atoms with van der Waals surface area (Å²) in [6, 6.07) is 15.9. The Morgan fingerprint density at radius 2 is 1.14 bits per heavy atom.